The van der Waals surface area contributed by atoms with Crippen LogP contribution in [0.3, 0.4) is 0 Å². The summed E-state index contributed by atoms with van der Waals surface area (Å²) in [6, 6.07) is 6.93. The number of aryl methyl sites for hydroxylation is 1. The topological polar surface area (TPSA) is 50.7 Å². The Kier molecular flexibility index (Phi) is 6.04. The first-order valence-corrected chi connectivity index (χ1v) is 9.82. The highest BCUT2D eigenvalue weighted by Gasteiger charge is 2.17. The van der Waals surface area contributed by atoms with Crippen molar-refractivity contribution in [3.8, 4) is 12.3 Å². The number of fused-ring (bicyclic) bond motifs is 1. The van der Waals surface area contributed by atoms with Gasteiger partial charge in [-0.25, -0.2) is 15.0 Å². The van der Waals surface area contributed by atoms with E-state index in [-0.39, 0.29) is 11.3 Å². The number of halogens is 2. The lowest BCUT2D eigenvalue weighted by Gasteiger charge is -2.20. The quantitative estimate of drug-likeness (QED) is 0.443. The number of nitrogens with zero attached hydrogens (tertiary/aromatic N) is 3. The van der Waals surface area contributed by atoms with E-state index < -0.39 is 5.95 Å². The van der Waals surface area contributed by atoms with Gasteiger partial charge < -0.3 is 5.32 Å². The fourth-order valence-corrected chi connectivity index (χ4v) is 3.48. The molecule has 6 heteroatoms. The molecule has 0 saturated heterocycles. The van der Waals surface area contributed by atoms with Gasteiger partial charge in [-0.05, 0) is 48.1 Å². The van der Waals surface area contributed by atoms with Gasteiger partial charge in [0.15, 0.2) is 0 Å². The lowest BCUT2D eigenvalue weighted by atomic mass is 9.91. The number of rotatable bonds is 5. The minimum atomic E-state index is -0.512. The van der Waals surface area contributed by atoms with Crippen molar-refractivity contribution >= 4 is 28.3 Å². The number of terminal acetylenes is 1. The van der Waals surface area contributed by atoms with Crippen LogP contribution in [0.15, 0.2) is 30.6 Å². The van der Waals surface area contributed by atoms with E-state index in [1.54, 1.807) is 13.0 Å². The molecule has 3 rings (SSSR count). The molecule has 29 heavy (non-hydrogen) atoms. The Balaban J connectivity index is 1.98. The van der Waals surface area contributed by atoms with Crippen molar-refractivity contribution in [2.24, 2.45) is 5.41 Å². The fraction of sp³-hybridized carbons (Fsp3) is 0.348. The van der Waals surface area contributed by atoms with E-state index in [9.17, 15) is 4.39 Å². The summed E-state index contributed by atoms with van der Waals surface area (Å²) in [6.45, 7) is 8.97. The largest absolute Gasteiger partial charge is 0.369 e. The number of hydrogen-bond donors (Lipinski definition) is 1. The molecule has 1 N–H and O–H groups in total. The van der Waals surface area contributed by atoms with E-state index in [0.29, 0.717) is 22.7 Å². The maximum Gasteiger partial charge on any atom is 0.213 e. The second-order valence-corrected chi connectivity index (χ2v) is 8.75. The number of aromatic nitrogens is 3. The van der Waals surface area contributed by atoms with Crippen molar-refractivity contribution in [1.82, 2.24) is 15.0 Å². The van der Waals surface area contributed by atoms with E-state index in [0.717, 1.165) is 28.9 Å². The van der Waals surface area contributed by atoms with Crippen molar-refractivity contribution in [1.29, 1.82) is 0 Å². The number of anilines is 1. The average Bonchev–Trinajstić information content (AvgIpc) is 2.64. The molecule has 0 fully saturated rings. The van der Waals surface area contributed by atoms with Crippen LogP contribution in [0.1, 0.15) is 43.5 Å². The third kappa shape index (κ3) is 5.02. The van der Waals surface area contributed by atoms with Crippen molar-refractivity contribution < 1.29 is 4.39 Å². The van der Waals surface area contributed by atoms with Gasteiger partial charge in [-0.3, -0.25) is 0 Å². The summed E-state index contributed by atoms with van der Waals surface area (Å²) in [7, 11) is 0. The zero-order valence-electron chi connectivity index (χ0n) is 17.1. The molecular formula is C23H24ClFN4. The van der Waals surface area contributed by atoms with Crippen LogP contribution >= 0.6 is 11.6 Å². The smallest absolute Gasteiger partial charge is 0.213 e. The van der Waals surface area contributed by atoms with Crippen LogP contribution in [0.2, 0.25) is 5.02 Å². The van der Waals surface area contributed by atoms with E-state index >= 15 is 0 Å². The molecule has 0 amide bonds. The summed E-state index contributed by atoms with van der Waals surface area (Å²) < 4.78 is 13.4. The third-order valence-electron chi connectivity index (χ3n) is 4.65. The highest BCUT2D eigenvalue weighted by atomic mass is 35.5. The van der Waals surface area contributed by atoms with Gasteiger partial charge in [-0.15, -0.1) is 6.42 Å². The Morgan fingerprint density at radius 1 is 1.24 bits per heavy atom. The lowest BCUT2D eigenvalue weighted by Crippen LogP contribution is -2.19. The fourth-order valence-electron chi connectivity index (χ4n) is 3.19. The van der Waals surface area contributed by atoms with Crippen molar-refractivity contribution in [3.05, 3.63) is 58.4 Å². The van der Waals surface area contributed by atoms with E-state index in [1.165, 1.54) is 12.4 Å². The molecule has 0 bridgehead atoms. The number of hydrogen-bond acceptors (Lipinski definition) is 4. The third-order valence-corrected chi connectivity index (χ3v) is 4.94. The second-order valence-electron chi connectivity index (χ2n) is 8.34. The molecule has 0 aliphatic carbocycles. The van der Waals surface area contributed by atoms with Crippen LogP contribution in [-0.2, 0) is 6.42 Å². The summed E-state index contributed by atoms with van der Waals surface area (Å²) in [5, 5.41) is 4.79. The van der Waals surface area contributed by atoms with Crippen molar-refractivity contribution in [2.45, 2.75) is 40.0 Å². The molecule has 2 aromatic heterocycles. The minimum absolute atomic E-state index is 0.0976. The normalized spacial score (nSPS) is 12.6. The van der Waals surface area contributed by atoms with Gasteiger partial charge in [0.1, 0.15) is 12.1 Å². The number of benzene rings is 1. The molecule has 2 heterocycles. The maximum absolute atomic E-state index is 13.4. The predicted molar refractivity (Wildman–Crippen MR) is 117 cm³/mol. The van der Waals surface area contributed by atoms with Gasteiger partial charge >= 0.3 is 0 Å². The molecule has 150 valence electrons. The molecule has 1 aromatic carbocycles. The Morgan fingerprint density at radius 2 is 2.00 bits per heavy atom. The first-order chi connectivity index (χ1) is 13.7. The van der Waals surface area contributed by atoms with Gasteiger partial charge in [0, 0.05) is 17.6 Å². The van der Waals surface area contributed by atoms with E-state index in [2.05, 4.69) is 47.0 Å². The Labute approximate surface area is 175 Å². The molecule has 4 nitrogen and oxygen atoms in total. The summed E-state index contributed by atoms with van der Waals surface area (Å²) in [6.07, 6.45) is 7.85. The maximum atomic E-state index is 13.4. The van der Waals surface area contributed by atoms with Crippen LogP contribution in [-0.4, -0.2) is 21.5 Å². The van der Waals surface area contributed by atoms with Gasteiger partial charge in [-0.1, -0.05) is 44.4 Å². The van der Waals surface area contributed by atoms with Crippen LogP contribution in [0, 0.1) is 30.6 Å². The summed E-state index contributed by atoms with van der Waals surface area (Å²) in [5.41, 5.74) is 3.18. The van der Waals surface area contributed by atoms with Crippen LogP contribution < -0.4 is 5.32 Å². The summed E-state index contributed by atoms with van der Waals surface area (Å²) >= 11 is 6.52. The van der Waals surface area contributed by atoms with Crippen LogP contribution in [0.5, 0.6) is 0 Å². The molecule has 3 aromatic rings. The highest BCUT2D eigenvalue weighted by Crippen LogP contribution is 2.31. The molecule has 1 atom stereocenters. The van der Waals surface area contributed by atoms with Crippen LogP contribution in [0.25, 0.3) is 10.9 Å². The SMILES string of the molecule is C#C[C@@H](Cc1cc(Cl)c2ncnc(NCC(C)(C)C)c2c1)c1ccc(F)nc1C. The first-order valence-electron chi connectivity index (χ1n) is 9.44. The zero-order valence-corrected chi connectivity index (χ0v) is 17.8. The molecule has 0 aliphatic heterocycles. The van der Waals surface area contributed by atoms with Gasteiger partial charge in [0.25, 0.3) is 0 Å². The van der Waals surface area contributed by atoms with Gasteiger partial charge in [0.05, 0.1) is 16.5 Å². The standard InChI is InChI=1S/C23H24ClFN4/c1-6-16(17-7-8-20(25)29-14(17)2)9-15-10-18-21(19(24)11-15)27-13-28-22(18)26-12-23(3,4)5/h1,7-8,10-11,13,16H,9,12H2,2-5H3,(H,26,27,28)/t16-/m0/s1. The van der Waals surface area contributed by atoms with Gasteiger partial charge in [-0.2, -0.15) is 4.39 Å². The lowest BCUT2D eigenvalue weighted by molar-refractivity contribution is 0.442. The molecule has 0 aliphatic rings. The van der Waals surface area contributed by atoms with E-state index in [1.807, 2.05) is 12.1 Å². The molecule has 0 radical (unpaired) electrons. The first kappa shape index (κ1) is 21.0. The van der Waals surface area contributed by atoms with Crippen molar-refractivity contribution in [3.63, 3.8) is 0 Å². The average molecular weight is 411 g/mol. The van der Waals surface area contributed by atoms with Crippen molar-refractivity contribution in [2.75, 3.05) is 11.9 Å². The number of pyridine rings is 1. The van der Waals surface area contributed by atoms with E-state index in [4.69, 9.17) is 18.0 Å². The highest BCUT2D eigenvalue weighted by molar-refractivity contribution is 6.35. The number of nitrogens with one attached hydrogen (secondary N) is 1. The molecule has 0 spiro atoms. The molecule has 0 unspecified atom stereocenters. The van der Waals surface area contributed by atoms with Gasteiger partial charge in [0.2, 0.25) is 5.95 Å². The summed E-state index contributed by atoms with van der Waals surface area (Å²) in [5.74, 6) is 2.79. The Morgan fingerprint density at radius 3 is 2.66 bits per heavy atom. The zero-order chi connectivity index (χ0) is 21.2. The monoisotopic (exact) mass is 410 g/mol. The Hall–Kier alpha value is -2.71. The molecular weight excluding hydrogens is 387 g/mol. The minimum Gasteiger partial charge on any atom is -0.369 e. The Bertz CT molecular complexity index is 1080. The second kappa shape index (κ2) is 8.34. The molecule has 0 saturated carbocycles. The van der Waals surface area contributed by atoms with Crippen LogP contribution in [0.4, 0.5) is 10.2 Å². The predicted octanol–water partition coefficient (Wildman–Crippen LogP) is 5.54. The summed E-state index contributed by atoms with van der Waals surface area (Å²) in [4.78, 5) is 12.6.